The molecule has 4 rings (SSSR count). The van der Waals surface area contributed by atoms with Crippen LogP contribution in [0.2, 0.25) is 5.02 Å². The molecular formula is C24H24ClFN2O4S. The van der Waals surface area contributed by atoms with E-state index in [1.54, 1.807) is 6.07 Å². The zero-order valence-electron chi connectivity index (χ0n) is 17.8. The maximum atomic E-state index is 15.2. The van der Waals surface area contributed by atoms with Crippen molar-refractivity contribution in [2.75, 3.05) is 0 Å². The lowest BCUT2D eigenvalue weighted by atomic mass is 9.83. The molecule has 1 saturated carbocycles. The van der Waals surface area contributed by atoms with E-state index in [0.29, 0.717) is 10.6 Å². The molecule has 0 aliphatic heterocycles. The smallest absolute Gasteiger partial charge is 0.241 e. The highest BCUT2D eigenvalue weighted by atomic mass is 35.5. The van der Waals surface area contributed by atoms with Crippen molar-refractivity contribution in [3.05, 3.63) is 71.3 Å². The number of nitrogens with one attached hydrogen (secondary N) is 1. The van der Waals surface area contributed by atoms with Crippen molar-refractivity contribution in [3.63, 3.8) is 0 Å². The van der Waals surface area contributed by atoms with Crippen LogP contribution in [0.4, 0.5) is 4.39 Å². The van der Waals surface area contributed by atoms with E-state index in [-0.39, 0.29) is 34.5 Å². The minimum atomic E-state index is -4.03. The number of benzene rings is 2. The second kappa shape index (κ2) is 10.2. The standard InChI is InChI=1S/C24H24ClFN2O4S/c25-18-7-9-19(10-8-18)33(30,31)28-22(15-23(29)16-4-2-1-3-5-16)20-11-6-17(14-21(20)26)24-27-12-13-32-24/h6-14,16,22,28H,1-5,15H2. The van der Waals surface area contributed by atoms with Gasteiger partial charge in [-0.05, 0) is 49.2 Å². The van der Waals surface area contributed by atoms with Crippen molar-refractivity contribution < 1.29 is 22.0 Å². The Kier molecular flexibility index (Phi) is 7.26. The van der Waals surface area contributed by atoms with Crippen LogP contribution < -0.4 is 4.72 Å². The number of oxazole rings is 1. The summed E-state index contributed by atoms with van der Waals surface area (Å²) in [7, 11) is -4.03. The lowest BCUT2D eigenvalue weighted by Crippen LogP contribution is -2.32. The Morgan fingerprint density at radius 2 is 1.88 bits per heavy atom. The van der Waals surface area contributed by atoms with Crippen LogP contribution in [0.3, 0.4) is 0 Å². The zero-order chi connectivity index (χ0) is 23.4. The van der Waals surface area contributed by atoms with Gasteiger partial charge in [-0.15, -0.1) is 0 Å². The molecule has 0 radical (unpaired) electrons. The van der Waals surface area contributed by atoms with Crippen molar-refractivity contribution in [2.45, 2.75) is 49.5 Å². The molecule has 1 heterocycles. The highest BCUT2D eigenvalue weighted by Crippen LogP contribution is 2.31. The van der Waals surface area contributed by atoms with Gasteiger partial charge < -0.3 is 4.42 Å². The fraction of sp³-hybridized carbons (Fsp3) is 0.333. The van der Waals surface area contributed by atoms with Gasteiger partial charge in [-0.3, -0.25) is 4.79 Å². The van der Waals surface area contributed by atoms with Crippen LogP contribution in [-0.4, -0.2) is 19.2 Å². The summed E-state index contributed by atoms with van der Waals surface area (Å²) in [6, 6.07) is 8.90. The number of carbonyl (C=O) groups is 1. The number of ketones is 1. The molecule has 1 aliphatic rings. The summed E-state index contributed by atoms with van der Waals surface area (Å²) in [5, 5.41) is 0.395. The number of rotatable bonds is 8. The van der Waals surface area contributed by atoms with Crippen molar-refractivity contribution in [1.82, 2.24) is 9.71 Å². The van der Waals surface area contributed by atoms with E-state index >= 15 is 4.39 Å². The quantitative estimate of drug-likeness (QED) is 0.438. The summed E-state index contributed by atoms with van der Waals surface area (Å²) >= 11 is 5.87. The number of Topliss-reactive ketones (excluding diaryl/α,β-unsaturated/α-hetero) is 1. The van der Waals surface area contributed by atoms with E-state index in [1.165, 1.54) is 48.9 Å². The minimum absolute atomic E-state index is 0.0150. The third-order valence-electron chi connectivity index (χ3n) is 5.94. The van der Waals surface area contributed by atoms with Crippen molar-refractivity contribution in [2.24, 2.45) is 5.92 Å². The molecule has 33 heavy (non-hydrogen) atoms. The van der Waals surface area contributed by atoms with E-state index in [2.05, 4.69) is 9.71 Å². The molecule has 1 unspecified atom stereocenters. The monoisotopic (exact) mass is 490 g/mol. The predicted octanol–water partition coefficient (Wildman–Crippen LogP) is 5.69. The van der Waals surface area contributed by atoms with Crippen LogP contribution in [-0.2, 0) is 14.8 Å². The number of aromatic nitrogens is 1. The number of halogens is 2. The molecule has 1 aliphatic carbocycles. The van der Waals surface area contributed by atoms with Crippen LogP contribution in [0, 0.1) is 11.7 Å². The first-order valence-corrected chi connectivity index (χ1v) is 12.7. The van der Waals surface area contributed by atoms with Crippen LogP contribution in [0.5, 0.6) is 0 Å². The molecule has 0 bridgehead atoms. The van der Waals surface area contributed by atoms with E-state index in [0.717, 1.165) is 32.1 Å². The fourth-order valence-electron chi connectivity index (χ4n) is 4.19. The van der Waals surface area contributed by atoms with E-state index in [4.69, 9.17) is 16.0 Å². The Bertz CT molecular complexity index is 1210. The van der Waals surface area contributed by atoms with E-state index in [1.807, 2.05) is 0 Å². The summed E-state index contributed by atoms with van der Waals surface area (Å²) in [6.45, 7) is 0. The highest BCUT2D eigenvalue weighted by Gasteiger charge is 2.29. The lowest BCUT2D eigenvalue weighted by Gasteiger charge is -2.24. The van der Waals surface area contributed by atoms with E-state index < -0.39 is 21.9 Å². The maximum absolute atomic E-state index is 15.2. The average Bonchev–Trinajstić information content (AvgIpc) is 3.34. The van der Waals surface area contributed by atoms with Crippen LogP contribution >= 0.6 is 11.6 Å². The molecule has 0 amide bonds. The van der Waals surface area contributed by atoms with Gasteiger partial charge in [0.25, 0.3) is 0 Å². The normalized spacial score (nSPS) is 15.9. The van der Waals surface area contributed by atoms with Gasteiger partial charge in [0.05, 0.1) is 17.1 Å². The minimum Gasteiger partial charge on any atom is -0.445 e. The Morgan fingerprint density at radius 3 is 2.52 bits per heavy atom. The van der Waals surface area contributed by atoms with Crippen LogP contribution in [0.15, 0.2) is 64.2 Å². The summed E-state index contributed by atoms with van der Waals surface area (Å²) in [4.78, 5) is 17.0. The lowest BCUT2D eigenvalue weighted by molar-refractivity contribution is -0.124. The molecule has 0 saturated heterocycles. The largest absolute Gasteiger partial charge is 0.445 e. The van der Waals surface area contributed by atoms with Crippen LogP contribution in [0.25, 0.3) is 11.5 Å². The number of hydrogen-bond acceptors (Lipinski definition) is 5. The molecule has 9 heteroatoms. The van der Waals surface area contributed by atoms with Gasteiger partial charge in [-0.2, -0.15) is 0 Å². The summed E-state index contributed by atoms with van der Waals surface area (Å²) in [6.07, 6.45) is 7.29. The summed E-state index contributed by atoms with van der Waals surface area (Å²) in [5.41, 5.74) is 0.506. The Balaban J connectivity index is 1.65. The molecule has 1 fully saturated rings. The second-order valence-electron chi connectivity index (χ2n) is 8.21. The molecule has 174 valence electrons. The van der Waals surface area contributed by atoms with Crippen molar-refractivity contribution in [3.8, 4) is 11.5 Å². The molecule has 1 aromatic heterocycles. The first-order chi connectivity index (χ1) is 15.8. The van der Waals surface area contributed by atoms with Gasteiger partial charge in [-0.1, -0.05) is 36.9 Å². The molecule has 6 nitrogen and oxygen atoms in total. The predicted molar refractivity (Wildman–Crippen MR) is 123 cm³/mol. The molecule has 0 spiro atoms. The number of hydrogen-bond donors (Lipinski definition) is 1. The van der Waals surface area contributed by atoms with Crippen molar-refractivity contribution in [1.29, 1.82) is 0 Å². The molecular weight excluding hydrogens is 467 g/mol. The van der Waals surface area contributed by atoms with Crippen molar-refractivity contribution >= 4 is 27.4 Å². The molecule has 2 aromatic carbocycles. The summed E-state index contributed by atoms with van der Waals surface area (Å²) < 4.78 is 49.0. The number of sulfonamides is 1. The first-order valence-electron chi connectivity index (χ1n) is 10.8. The SMILES string of the molecule is O=C(CC(NS(=O)(=O)c1ccc(Cl)cc1)c1ccc(-c2ncco2)cc1F)C1CCCCC1. The number of nitrogens with zero attached hydrogens (tertiary/aromatic N) is 1. The van der Waals surface area contributed by atoms with Gasteiger partial charge in [0, 0.05) is 28.5 Å². The van der Waals surface area contributed by atoms with Gasteiger partial charge >= 0.3 is 0 Å². The summed E-state index contributed by atoms with van der Waals surface area (Å²) in [5.74, 6) is -0.589. The Morgan fingerprint density at radius 1 is 1.15 bits per heavy atom. The van der Waals surface area contributed by atoms with Gasteiger partial charge in [0.1, 0.15) is 17.9 Å². The zero-order valence-corrected chi connectivity index (χ0v) is 19.4. The molecule has 1 N–H and O–H groups in total. The Labute approximate surface area is 197 Å². The van der Waals surface area contributed by atoms with Crippen LogP contribution in [0.1, 0.15) is 50.1 Å². The third-order valence-corrected chi connectivity index (χ3v) is 7.68. The van der Waals surface area contributed by atoms with E-state index in [9.17, 15) is 13.2 Å². The average molecular weight is 491 g/mol. The maximum Gasteiger partial charge on any atom is 0.241 e. The highest BCUT2D eigenvalue weighted by molar-refractivity contribution is 7.89. The fourth-order valence-corrected chi connectivity index (χ4v) is 5.53. The molecule has 3 aromatic rings. The third kappa shape index (κ3) is 5.69. The first kappa shape index (κ1) is 23.6. The topological polar surface area (TPSA) is 89.3 Å². The van der Waals surface area contributed by atoms with Gasteiger partial charge in [-0.25, -0.2) is 22.5 Å². The number of carbonyl (C=O) groups excluding carboxylic acids is 1. The second-order valence-corrected chi connectivity index (χ2v) is 10.4. The van der Waals surface area contributed by atoms with Gasteiger partial charge in [0.2, 0.25) is 15.9 Å². The molecule has 1 atom stereocenters. The Hall–Kier alpha value is -2.55. The van der Waals surface area contributed by atoms with Gasteiger partial charge in [0.15, 0.2) is 0 Å².